The Bertz CT molecular complexity index is 866. The van der Waals surface area contributed by atoms with Crippen molar-refractivity contribution >= 4 is 23.7 Å². The van der Waals surface area contributed by atoms with E-state index in [9.17, 15) is 29.4 Å². The third kappa shape index (κ3) is 12.2. The van der Waals surface area contributed by atoms with E-state index in [1.165, 1.54) is 29.1 Å². The molecule has 3 amide bonds. The number of aliphatic hydroxyl groups is 1. The summed E-state index contributed by atoms with van der Waals surface area (Å²) >= 11 is 0. The van der Waals surface area contributed by atoms with Gasteiger partial charge in [0.1, 0.15) is 0 Å². The van der Waals surface area contributed by atoms with E-state index in [1.54, 1.807) is 0 Å². The summed E-state index contributed by atoms with van der Waals surface area (Å²) in [5, 5.41) is 29.3. The van der Waals surface area contributed by atoms with Crippen molar-refractivity contribution in [3.05, 3.63) is 0 Å². The maximum atomic E-state index is 13.4. The Balaban J connectivity index is 1.48. The SMILES string of the molecule is CC(C)CN(CC(=O)NC1CCC(NC(O)NC2CCCCC2)CC1)C(=O)CN(CCC(=O)O)C(=O)C1CCCCC1. The van der Waals surface area contributed by atoms with Gasteiger partial charge in [-0.05, 0) is 57.3 Å². The Morgan fingerprint density at radius 2 is 1.29 bits per heavy atom. The number of carboxylic acid groups (broad SMARTS) is 1. The second-order valence-corrected chi connectivity index (χ2v) is 13.1. The van der Waals surface area contributed by atoms with Crippen LogP contribution in [0, 0.1) is 11.8 Å². The maximum Gasteiger partial charge on any atom is 0.305 e. The minimum absolute atomic E-state index is 0.00921. The fraction of sp³-hybridized carbons (Fsp3) is 0.871. The standard InChI is InChI=1S/C31H55N5O6/c1-22(2)19-36(28(38)21-35(18-17-29(39)40)30(41)23-9-5-3-6-10-23)20-27(37)32-25-13-15-26(16-14-25)34-31(42)33-24-11-7-4-8-12-24/h22-26,31,33-34,42H,3-21H2,1-2H3,(H,32,37)(H,39,40). The molecular formula is C31H55N5O6. The smallest absolute Gasteiger partial charge is 0.305 e. The molecule has 240 valence electrons. The van der Waals surface area contributed by atoms with E-state index in [0.717, 1.165) is 70.6 Å². The number of nitrogens with zero attached hydrogens (tertiary/aromatic N) is 2. The van der Waals surface area contributed by atoms with Crippen LogP contribution in [-0.4, -0.2) is 94.4 Å². The Morgan fingerprint density at radius 3 is 1.86 bits per heavy atom. The summed E-state index contributed by atoms with van der Waals surface area (Å²) in [5.41, 5.74) is 0. The van der Waals surface area contributed by atoms with Gasteiger partial charge in [-0.1, -0.05) is 52.4 Å². The fourth-order valence-corrected chi connectivity index (χ4v) is 6.68. The third-order valence-electron chi connectivity index (χ3n) is 8.95. The molecule has 3 rings (SSSR count). The van der Waals surface area contributed by atoms with Crippen LogP contribution < -0.4 is 16.0 Å². The first-order valence-electron chi connectivity index (χ1n) is 16.4. The topological polar surface area (TPSA) is 151 Å². The van der Waals surface area contributed by atoms with Crippen LogP contribution in [0.2, 0.25) is 0 Å². The summed E-state index contributed by atoms with van der Waals surface area (Å²) in [6, 6.07) is 0.555. The van der Waals surface area contributed by atoms with E-state index in [1.807, 2.05) is 13.8 Å². The third-order valence-corrected chi connectivity index (χ3v) is 8.95. The highest BCUT2D eigenvalue weighted by molar-refractivity contribution is 5.89. The molecule has 3 aliphatic carbocycles. The van der Waals surface area contributed by atoms with E-state index in [0.29, 0.717) is 12.6 Å². The van der Waals surface area contributed by atoms with Gasteiger partial charge in [-0.25, -0.2) is 0 Å². The fourth-order valence-electron chi connectivity index (χ4n) is 6.68. The highest BCUT2D eigenvalue weighted by Crippen LogP contribution is 2.26. The first kappa shape index (κ1) is 34.3. The van der Waals surface area contributed by atoms with Gasteiger partial charge in [-0.15, -0.1) is 0 Å². The molecule has 0 bridgehead atoms. The Kier molecular flexibility index (Phi) is 14.5. The predicted octanol–water partition coefficient (Wildman–Crippen LogP) is 2.57. The zero-order chi connectivity index (χ0) is 30.5. The van der Waals surface area contributed by atoms with Gasteiger partial charge in [0.05, 0.1) is 19.5 Å². The number of aliphatic hydroxyl groups excluding tert-OH is 1. The Hall–Kier alpha value is -2.24. The van der Waals surface area contributed by atoms with Crippen molar-refractivity contribution in [3.8, 4) is 0 Å². The van der Waals surface area contributed by atoms with Crippen molar-refractivity contribution in [3.63, 3.8) is 0 Å². The molecule has 0 heterocycles. The van der Waals surface area contributed by atoms with E-state index in [-0.39, 0.29) is 67.7 Å². The van der Waals surface area contributed by atoms with Gasteiger partial charge in [0.2, 0.25) is 17.7 Å². The molecule has 1 unspecified atom stereocenters. The minimum Gasteiger partial charge on any atom is -0.481 e. The van der Waals surface area contributed by atoms with Crippen molar-refractivity contribution in [2.24, 2.45) is 11.8 Å². The monoisotopic (exact) mass is 593 g/mol. The summed E-state index contributed by atoms with van der Waals surface area (Å²) in [4.78, 5) is 53.8. The molecule has 3 fully saturated rings. The lowest BCUT2D eigenvalue weighted by molar-refractivity contribution is -0.146. The average Bonchev–Trinajstić information content (AvgIpc) is 2.96. The van der Waals surface area contributed by atoms with Crippen LogP contribution in [0.1, 0.15) is 110 Å². The number of aliphatic carboxylic acids is 1. The van der Waals surface area contributed by atoms with Crippen LogP contribution in [0.4, 0.5) is 0 Å². The molecule has 3 aliphatic rings. The lowest BCUT2D eigenvalue weighted by Crippen LogP contribution is -2.53. The lowest BCUT2D eigenvalue weighted by atomic mass is 9.88. The van der Waals surface area contributed by atoms with Crippen molar-refractivity contribution < 1.29 is 29.4 Å². The molecule has 42 heavy (non-hydrogen) atoms. The predicted molar refractivity (Wildman–Crippen MR) is 160 cm³/mol. The molecular weight excluding hydrogens is 538 g/mol. The van der Waals surface area contributed by atoms with Crippen LogP contribution in [0.15, 0.2) is 0 Å². The van der Waals surface area contributed by atoms with Crippen LogP contribution in [0.3, 0.4) is 0 Å². The number of hydrogen-bond donors (Lipinski definition) is 5. The minimum atomic E-state index is -1.01. The molecule has 0 aromatic heterocycles. The van der Waals surface area contributed by atoms with E-state index in [2.05, 4.69) is 16.0 Å². The van der Waals surface area contributed by atoms with Gasteiger partial charge in [0.15, 0.2) is 6.35 Å². The quantitative estimate of drug-likeness (QED) is 0.182. The second-order valence-electron chi connectivity index (χ2n) is 13.1. The molecule has 0 radical (unpaired) electrons. The van der Waals surface area contributed by atoms with E-state index >= 15 is 0 Å². The van der Waals surface area contributed by atoms with Crippen molar-refractivity contribution in [1.82, 2.24) is 25.8 Å². The molecule has 3 saturated carbocycles. The molecule has 0 saturated heterocycles. The number of amides is 3. The summed E-state index contributed by atoms with van der Waals surface area (Å²) in [6.45, 7) is 4.00. The Labute approximate surface area is 251 Å². The first-order chi connectivity index (χ1) is 20.1. The van der Waals surface area contributed by atoms with Gasteiger partial charge >= 0.3 is 5.97 Å². The van der Waals surface area contributed by atoms with Crippen LogP contribution >= 0.6 is 0 Å². The number of carboxylic acids is 1. The van der Waals surface area contributed by atoms with Crippen LogP contribution in [-0.2, 0) is 19.2 Å². The number of rotatable bonds is 15. The molecule has 0 spiro atoms. The number of carbonyl (C=O) groups excluding carboxylic acids is 3. The molecule has 0 aromatic rings. The van der Waals surface area contributed by atoms with Crippen molar-refractivity contribution in [2.45, 2.75) is 135 Å². The van der Waals surface area contributed by atoms with Crippen LogP contribution in [0.5, 0.6) is 0 Å². The van der Waals surface area contributed by atoms with Crippen molar-refractivity contribution in [1.29, 1.82) is 0 Å². The number of carbonyl (C=O) groups is 4. The molecule has 0 aromatic carbocycles. The summed E-state index contributed by atoms with van der Waals surface area (Å²) < 4.78 is 0. The molecule has 1 atom stereocenters. The molecule has 11 nitrogen and oxygen atoms in total. The highest BCUT2D eigenvalue weighted by atomic mass is 16.4. The largest absolute Gasteiger partial charge is 0.481 e. The van der Waals surface area contributed by atoms with Gasteiger partial charge in [0.25, 0.3) is 0 Å². The van der Waals surface area contributed by atoms with Gasteiger partial charge < -0.3 is 25.3 Å². The average molecular weight is 594 g/mol. The van der Waals surface area contributed by atoms with E-state index in [4.69, 9.17) is 0 Å². The molecule has 5 N–H and O–H groups in total. The molecule has 11 heteroatoms. The number of nitrogens with one attached hydrogen (secondary N) is 3. The van der Waals surface area contributed by atoms with Crippen LogP contribution in [0.25, 0.3) is 0 Å². The second kappa shape index (κ2) is 17.8. The van der Waals surface area contributed by atoms with Crippen molar-refractivity contribution in [2.75, 3.05) is 26.2 Å². The Morgan fingerprint density at radius 1 is 0.738 bits per heavy atom. The first-order valence-corrected chi connectivity index (χ1v) is 16.4. The van der Waals surface area contributed by atoms with E-state index < -0.39 is 12.3 Å². The van der Waals surface area contributed by atoms with Gasteiger partial charge in [-0.2, -0.15) is 0 Å². The highest BCUT2D eigenvalue weighted by Gasteiger charge is 2.30. The lowest BCUT2D eigenvalue weighted by Gasteiger charge is -2.34. The van der Waals surface area contributed by atoms with Gasteiger partial charge in [0, 0.05) is 37.1 Å². The summed E-state index contributed by atoms with van der Waals surface area (Å²) in [7, 11) is 0. The summed E-state index contributed by atoms with van der Waals surface area (Å²) in [5.74, 6) is -1.77. The van der Waals surface area contributed by atoms with Gasteiger partial charge in [-0.3, -0.25) is 29.8 Å². The zero-order valence-corrected chi connectivity index (χ0v) is 25.8. The number of hydrogen-bond acceptors (Lipinski definition) is 7. The molecule has 0 aliphatic heterocycles. The zero-order valence-electron chi connectivity index (χ0n) is 25.8. The summed E-state index contributed by atoms with van der Waals surface area (Å²) in [6.07, 6.45) is 12.7. The maximum absolute atomic E-state index is 13.4. The normalized spacial score (nSPS) is 22.9.